The summed E-state index contributed by atoms with van der Waals surface area (Å²) in [5.41, 5.74) is 1.26. The predicted molar refractivity (Wildman–Crippen MR) is 262 cm³/mol. The van der Waals surface area contributed by atoms with Crippen molar-refractivity contribution in [1.29, 1.82) is 0 Å². The summed E-state index contributed by atoms with van der Waals surface area (Å²) in [4.78, 5) is 107. The Hall–Kier alpha value is -10.6. The number of ether oxygens (including phenoxy) is 6. The van der Waals surface area contributed by atoms with Gasteiger partial charge in [-0.15, -0.1) is 0 Å². The minimum atomic E-state index is -1.44. The van der Waals surface area contributed by atoms with Crippen LogP contribution >= 0.6 is 0 Å². The Morgan fingerprint density at radius 3 is 0.671 bits per heavy atom. The van der Waals surface area contributed by atoms with E-state index in [2.05, 4.69) is 50.5 Å². The first-order valence-corrected chi connectivity index (χ1v) is 22.1. The van der Waals surface area contributed by atoms with Crippen molar-refractivity contribution in [3.63, 3.8) is 0 Å². The van der Waals surface area contributed by atoms with Crippen LogP contribution in [-0.2, 0) is 28.8 Å². The van der Waals surface area contributed by atoms with Crippen LogP contribution < -0.4 is 43.7 Å². The molecule has 6 N–H and O–H groups in total. The molecule has 418 valence electrons. The number of aliphatic carboxylic acids is 6. The van der Waals surface area contributed by atoms with Gasteiger partial charge in [0.15, 0.2) is 39.6 Å². The third-order valence-electron chi connectivity index (χ3n) is 8.77. The normalized spacial score (nSPS) is 9.51. The van der Waals surface area contributed by atoms with Crippen LogP contribution in [0.4, 0.5) is 0 Å². The molecule has 0 atom stereocenters. The van der Waals surface area contributed by atoms with Crippen LogP contribution in [0.25, 0.3) is 0 Å². The zero-order valence-electron chi connectivity index (χ0n) is 41.4. The van der Waals surface area contributed by atoms with Gasteiger partial charge in [-0.1, -0.05) is 35.5 Å². The fourth-order valence-corrected chi connectivity index (χ4v) is 5.59. The van der Waals surface area contributed by atoms with Gasteiger partial charge >= 0.3 is 85.2 Å². The van der Waals surface area contributed by atoms with Crippen molar-refractivity contribution in [3.05, 3.63) is 160 Å². The molecule has 3 aromatic carbocycles. The molecule has 0 spiro atoms. The van der Waals surface area contributed by atoms with Crippen LogP contribution in [0.5, 0.6) is 34.5 Å². The molecule has 3 heterocycles. The summed E-state index contributed by atoms with van der Waals surface area (Å²) < 4.78 is 30.4. The van der Waals surface area contributed by atoms with Gasteiger partial charge < -0.3 is 88.8 Å². The first kappa shape index (κ1) is 65.7. The molecule has 3 aromatic heterocycles. The number of benzene rings is 3. The Morgan fingerprint density at radius 1 is 0.317 bits per heavy atom. The van der Waals surface area contributed by atoms with Crippen molar-refractivity contribution >= 4 is 53.7 Å². The summed E-state index contributed by atoms with van der Waals surface area (Å²) in [6.45, 7) is -3.62. The molecular weight excluding hydrogens is 1230 g/mol. The molecule has 0 bridgehead atoms. The number of pyridine rings is 3. The fraction of sp³-hybridized carbons (Fsp3) is 0.111. The number of hydrogen-bond acceptors (Lipinski definition) is 21. The third kappa shape index (κ3) is 25.7. The second kappa shape index (κ2) is 33.6. The number of carboxylic acids is 9. The molecule has 27 nitrogen and oxygen atoms in total. The zero-order valence-corrected chi connectivity index (χ0v) is 43.8. The van der Waals surface area contributed by atoms with Gasteiger partial charge in [0.05, 0.1) is 35.0 Å². The van der Waals surface area contributed by atoms with Crippen molar-refractivity contribution in [2.75, 3.05) is 39.6 Å². The van der Waals surface area contributed by atoms with Crippen molar-refractivity contribution in [2.45, 2.75) is 0 Å². The molecule has 28 heteroatoms. The van der Waals surface area contributed by atoms with Crippen LogP contribution in [0.2, 0.25) is 0 Å². The number of carboxylic acid groups (broad SMARTS) is 9. The van der Waals surface area contributed by atoms with Gasteiger partial charge in [0.25, 0.3) is 0 Å². The van der Waals surface area contributed by atoms with Crippen molar-refractivity contribution in [2.24, 2.45) is 0 Å². The van der Waals surface area contributed by atoms with Crippen LogP contribution in [0.1, 0.15) is 64.8 Å². The molecule has 6 rings (SSSR count). The van der Waals surface area contributed by atoms with E-state index < -0.39 is 93.4 Å². The summed E-state index contributed by atoms with van der Waals surface area (Å²) in [5.74, 6) is 5.63. The van der Waals surface area contributed by atoms with Crippen molar-refractivity contribution in [1.82, 2.24) is 15.0 Å². The molecule has 0 unspecified atom stereocenters. The van der Waals surface area contributed by atoms with E-state index >= 15 is 0 Å². The molecule has 0 aliphatic carbocycles. The summed E-state index contributed by atoms with van der Waals surface area (Å²) >= 11 is 0. The third-order valence-corrected chi connectivity index (χ3v) is 8.77. The number of aromatic carboxylic acids is 3. The van der Waals surface area contributed by atoms with Gasteiger partial charge in [0, 0.05) is 70.2 Å². The number of hydrogen-bond donors (Lipinski definition) is 6. The van der Waals surface area contributed by atoms with E-state index in [0.717, 1.165) is 0 Å². The van der Waals surface area contributed by atoms with E-state index in [0.29, 0.717) is 33.4 Å². The maximum absolute atomic E-state index is 10.8. The van der Waals surface area contributed by atoms with Crippen LogP contribution in [0.3, 0.4) is 0 Å². The second-order valence-corrected chi connectivity index (χ2v) is 15.1. The maximum Gasteiger partial charge on any atom is 3.00 e. The summed E-state index contributed by atoms with van der Waals surface area (Å²) in [7, 11) is 0. The molecule has 0 aliphatic rings. The van der Waals surface area contributed by atoms with Crippen molar-refractivity contribution < 1.29 is 167 Å². The number of carbonyl (C=O) groups is 9. The van der Waals surface area contributed by atoms with E-state index in [1.807, 2.05) is 0 Å². The molecule has 6 aromatic rings. The van der Waals surface area contributed by atoms with Crippen LogP contribution in [0, 0.1) is 84.9 Å². The Kier molecular flexibility index (Phi) is 26.9. The monoisotopic (exact) mass is 1260 g/mol. The number of carbonyl (C=O) groups excluding carboxylic acids is 3. The number of rotatable bonds is 21. The van der Waals surface area contributed by atoms with E-state index in [1.54, 1.807) is 0 Å². The van der Waals surface area contributed by atoms with E-state index in [1.165, 1.54) is 110 Å². The van der Waals surface area contributed by atoms with Crippen molar-refractivity contribution in [3.8, 4) is 70.0 Å². The fourth-order valence-electron chi connectivity index (χ4n) is 5.59. The van der Waals surface area contributed by atoms with Gasteiger partial charge in [-0.05, 0) is 72.8 Å². The standard InChI is InChI=1S/3C18H13NO8.Eu/c3*20-16(21)9-26-13-5-12(6-14(8-13)27-10-17(22)23)2-1-11-3-4-19-15(7-11)18(24)25;/h3*3-8H,9-10H2,(H,20,21)(H,22,23)(H,24,25);/q;;;+3/p-3. The zero-order chi connectivity index (χ0) is 59.4. The largest absolute Gasteiger partial charge is 3.00 e. The SMILES string of the molecule is O=C(O)COc1cc(C#Cc2ccnc(C(=O)[O-])c2)cc(OCC(=O)O)c1.O=C(O)COc1cc(C#Cc2ccnc(C(=O)[O-])c2)cc(OCC(=O)O)c1.O=C(O)COc1cc(C#Cc2ccnc(C(=O)[O-])c2)cc(OCC(=O)O)c1.[Eu+3]. The van der Waals surface area contributed by atoms with Gasteiger partial charge in [0.2, 0.25) is 0 Å². The average molecular weight is 1260 g/mol. The van der Waals surface area contributed by atoms with E-state index in [4.69, 9.17) is 59.1 Å². The smallest absolute Gasteiger partial charge is 0.543 e. The number of nitrogens with zero attached hydrogens (tertiary/aromatic N) is 3. The predicted octanol–water partition coefficient (Wildman–Crippen LogP) is -0.685. The summed E-state index contributed by atoms with van der Waals surface area (Å²) in [5, 5.41) is 84.6. The van der Waals surface area contributed by atoms with Crippen LogP contribution in [0.15, 0.2) is 110 Å². The van der Waals surface area contributed by atoms with Gasteiger partial charge in [-0.25, -0.2) is 28.8 Å². The quantitative estimate of drug-likeness (QED) is 0.0486. The van der Waals surface area contributed by atoms with Gasteiger partial charge in [0.1, 0.15) is 34.5 Å². The molecular formula is C54H36EuN3O24. The maximum atomic E-state index is 10.8. The molecule has 0 aliphatic heterocycles. The van der Waals surface area contributed by atoms with Gasteiger partial charge in [-0.2, -0.15) is 0 Å². The van der Waals surface area contributed by atoms with Gasteiger partial charge in [-0.3, -0.25) is 15.0 Å². The molecule has 0 amide bonds. The molecule has 0 fully saturated rings. The molecule has 0 saturated carbocycles. The number of aromatic nitrogens is 3. The topological polar surface area (TPSA) is 438 Å². The van der Waals surface area contributed by atoms with E-state index in [-0.39, 0.29) is 101 Å². The Morgan fingerprint density at radius 2 is 0.500 bits per heavy atom. The molecule has 82 heavy (non-hydrogen) atoms. The summed E-state index contributed by atoms with van der Waals surface area (Å²) in [6, 6.07) is 20.8. The second-order valence-electron chi connectivity index (χ2n) is 15.1. The Balaban J connectivity index is 0.000000321. The minimum absolute atomic E-state index is 0. The first-order valence-electron chi connectivity index (χ1n) is 22.1. The minimum Gasteiger partial charge on any atom is -0.543 e. The molecule has 0 saturated heterocycles. The van der Waals surface area contributed by atoms with Crippen LogP contribution in [-0.4, -0.2) is 139 Å². The Labute approximate surface area is 501 Å². The first-order chi connectivity index (χ1) is 38.5. The Bertz CT molecular complexity index is 3090. The van der Waals surface area contributed by atoms with E-state index in [9.17, 15) is 58.5 Å². The summed E-state index contributed by atoms with van der Waals surface area (Å²) in [6.07, 6.45) is 3.80. The molecule has 0 radical (unpaired) electrons. The average Bonchev–Trinajstić information content (AvgIpc) is 3.47.